The maximum atomic E-state index is 13.7. The van der Waals surface area contributed by atoms with Gasteiger partial charge >= 0.3 is 0 Å². The number of sulfonamides is 1. The number of hydrogen-bond donors (Lipinski definition) is 3. The van der Waals surface area contributed by atoms with Crippen LogP contribution in [0.2, 0.25) is 0 Å². The van der Waals surface area contributed by atoms with Crippen LogP contribution in [-0.4, -0.2) is 57.6 Å². The summed E-state index contributed by atoms with van der Waals surface area (Å²) in [6, 6.07) is 1.76. The monoisotopic (exact) mass is 527 g/mol. The SMILES string of the molecule is CC(C)(/C=C/n1ncc(C(=O)N[C@@H]2C3CC4CC5(C(N)=O)CC2[C@]5(C4)C3)c1-n1cccn1)NS(C)(=O)=O. The predicted molar refractivity (Wildman–Crippen MR) is 136 cm³/mol. The molecule has 3 bridgehead atoms. The van der Waals surface area contributed by atoms with Gasteiger partial charge in [0.25, 0.3) is 5.91 Å². The van der Waals surface area contributed by atoms with E-state index in [0.29, 0.717) is 23.2 Å². The molecule has 2 amide bonds. The van der Waals surface area contributed by atoms with Crippen molar-refractivity contribution in [1.82, 2.24) is 29.6 Å². The highest BCUT2D eigenvalue weighted by Gasteiger charge is 2.79. The summed E-state index contributed by atoms with van der Waals surface area (Å²) in [5.41, 5.74) is 4.97. The van der Waals surface area contributed by atoms with Gasteiger partial charge in [0.15, 0.2) is 5.82 Å². The second-order valence-electron chi connectivity index (χ2n) is 12.1. The minimum Gasteiger partial charge on any atom is -0.369 e. The van der Waals surface area contributed by atoms with Crippen LogP contribution < -0.4 is 15.8 Å². The molecule has 0 saturated heterocycles. The van der Waals surface area contributed by atoms with Crippen LogP contribution in [0, 0.1) is 28.6 Å². The molecule has 2 aromatic rings. The quantitative estimate of drug-likeness (QED) is 0.470. The smallest absolute Gasteiger partial charge is 0.257 e. The molecule has 4 aliphatic carbocycles. The van der Waals surface area contributed by atoms with Gasteiger partial charge in [-0.2, -0.15) is 10.2 Å². The number of hydrogen-bond acceptors (Lipinski definition) is 6. The molecule has 4 fully saturated rings. The number of fused-ring (bicyclic) bond motifs is 2. The van der Waals surface area contributed by atoms with Gasteiger partial charge in [0, 0.05) is 30.2 Å². The van der Waals surface area contributed by atoms with Gasteiger partial charge in [-0.3, -0.25) is 9.59 Å². The van der Waals surface area contributed by atoms with Crippen molar-refractivity contribution in [2.45, 2.75) is 57.5 Å². The van der Waals surface area contributed by atoms with Crippen molar-refractivity contribution in [3.63, 3.8) is 0 Å². The number of amides is 2. The number of nitrogens with two attached hydrogens (primary N) is 1. The number of nitrogens with zero attached hydrogens (tertiary/aromatic N) is 4. The molecule has 6 atom stereocenters. The molecule has 37 heavy (non-hydrogen) atoms. The molecular formula is C25H33N7O4S. The molecule has 2 heterocycles. The molecule has 4 N–H and O–H groups in total. The minimum absolute atomic E-state index is 0.00697. The van der Waals surface area contributed by atoms with Crippen molar-refractivity contribution in [1.29, 1.82) is 0 Å². The first-order chi connectivity index (χ1) is 17.3. The summed E-state index contributed by atoms with van der Waals surface area (Å²) < 4.78 is 29.1. The molecular weight excluding hydrogens is 494 g/mol. The van der Waals surface area contributed by atoms with E-state index in [1.54, 1.807) is 49.3 Å². The number of carbonyl (C=O) groups is 2. The van der Waals surface area contributed by atoms with Gasteiger partial charge in [-0.05, 0) is 81.3 Å². The van der Waals surface area contributed by atoms with Gasteiger partial charge in [-0.15, -0.1) is 0 Å². The highest BCUT2D eigenvalue weighted by atomic mass is 32.2. The topological polar surface area (TPSA) is 154 Å². The van der Waals surface area contributed by atoms with Gasteiger partial charge in [0.05, 0.1) is 17.9 Å². The fourth-order valence-electron chi connectivity index (χ4n) is 8.27. The predicted octanol–water partition coefficient (Wildman–Crippen LogP) is 1.28. The Labute approximate surface area is 215 Å². The first-order valence-electron chi connectivity index (χ1n) is 12.7. The maximum Gasteiger partial charge on any atom is 0.257 e. The standard InChI is InChI=1S/C25H33N7O4S/c1-23(2,30-37(3,35)36)5-8-32-21(31-7-4-6-27-31)17(14-28-32)20(33)29-19-16-9-15-10-24(12-16)18(19)13-25(24,11-15)22(26)34/h4-8,14-16,18-19,30H,9-13H2,1-3H3,(H2,26,34)(H,29,33)/b8-5+/t15?,16?,18?,19-,24+,25?/m1/s1. The van der Waals surface area contributed by atoms with Gasteiger partial charge in [-0.25, -0.2) is 22.5 Å². The zero-order chi connectivity index (χ0) is 26.4. The van der Waals surface area contributed by atoms with Crippen LogP contribution >= 0.6 is 0 Å². The van der Waals surface area contributed by atoms with E-state index < -0.39 is 15.6 Å². The second kappa shape index (κ2) is 7.76. The fourth-order valence-corrected chi connectivity index (χ4v) is 9.29. The summed E-state index contributed by atoms with van der Waals surface area (Å²) in [5, 5.41) is 12.0. The van der Waals surface area contributed by atoms with E-state index in [9.17, 15) is 18.0 Å². The Kier molecular flexibility index (Phi) is 5.11. The van der Waals surface area contributed by atoms with Crippen molar-refractivity contribution in [3.8, 4) is 5.82 Å². The molecule has 4 aliphatic rings. The van der Waals surface area contributed by atoms with Gasteiger partial charge in [0.2, 0.25) is 15.9 Å². The maximum absolute atomic E-state index is 13.7. The van der Waals surface area contributed by atoms with E-state index in [1.165, 1.54) is 10.9 Å². The summed E-state index contributed by atoms with van der Waals surface area (Å²) in [7, 11) is -3.43. The van der Waals surface area contributed by atoms with Crippen LogP contribution in [0.25, 0.3) is 12.0 Å². The highest BCUT2D eigenvalue weighted by Crippen LogP contribution is 2.81. The zero-order valence-corrected chi connectivity index (χ0v) is 22.0. The second-order valence-corrected chi connectivity index (χ2v) is 13.8. The Morgan fingerprint density at radius 3 is 2.68 bits per heavy atom. The van der Waals surface area contributed by atoms with E-state index in [1.807, 2.05) is 0 Å². The lowest BCUT2D eigenvalue weighted by Gasteiger charge is -2.58. The van der Waals surface area contributed by atoms with E-state index in [4.69, 9.17) is 5.73 Å². The molecule has 0 aliphatic heterocycles. The van der Waals surface area contributed by atoms with Crippen molar-refractivity contribution in [3.05, 3.63) is 36.3 Å². The molecule has 4 unspecified atom stereocenters. The number of nitrogens with one attached hydrogen (secondary N) is 2. The molecule has 6 rings (SSSR count). The Hall–Kier alpha value is -2.99. The van der Waals surface area contributed by atoms with E-state index in [2.05, 4.69) is 20.2 Å². The third kappa shape index (κ3) is 3.59. The molecule has 12 heteroatoms. The Morgan fingerprint density at radius 1 is 1.22 bits per heavy atom. The number of rotatable bonds is 8. The van der Waals surface area contributed by atoms with E-state index in [0.717, 1.165) is 38.4 Å². The third-order valence-corrected chi connectivity index (χ3v) is 10.2. The molecule has 198 valence electrons. The summed E-state index contributed by atoms with van der Waals surface area (Å²) in [5.74, 6) is 1.18. The average molecular weight is 528 g/mol. The van der Waals surface area contributed by atoms with Gasteiger partial charge in [0.1, 0.15) is 5.56 Å². The van der Waals surface area contributed by atoms with Gasteiger partial charge < -0.3 is 11.1 Å². The van der Waals surface area contributed by atoms with Crippen LogP contribution in [0.5, 0.6) is 0 Å². The van der Waals surface area contributed by atoms with Crippen LogP contribution in [0.1, 0.15) is 56.3 Å². The number of aromatic nitrogens is 4. The molecule has 2 aromatic heterocycles. The van der Waals surface area contributed by atoms with Crippen LogP contribution in [-0.2, 0) is 14.8 Å². The lowest BCUT2D eigenvalue weighted by molar-refractivity contribution is -0.158. The molecule has 11 nitrogen and oxygen atoms in total. The largest absolute Gasteiger partial charge is 0.369 e. The Morgan fingerprint density at radius 2 is 2.00 bits per heavy atom. The van der Waals surface area contributed by atoms with E-state index >= 15 is 0 Å². The lowest BCUT2D eigenvalue weighted by atomic mass is 9.45. The zero-order valence-electron chi connectivity index (χ0n) is 21.2. The van der Waals surface area contributed by atoms with E-state index in [-0.39, 0.29) is 34.6 Å². The van der Waals surface area contributed by atoms with Crippen molar-refractivity contribution in [2.75, 3.05) is 6.26 Å². The highest BCUT2D eigenvalue weighted by molar-refractivity contribution is 7.88. The van der Waals surface area contributed by atoms with Crippen molar-refractivity contribution >= 4 is 28.0 Å². The fraction of sp³-hybridized carbons (Fsp3) is 0.600. The van der Waals surface area contributed by atoms with Crippen LogP contribution in [0.15, 0.2) is 30.7 Å². The number of primary amides is 1. The Balaban J connectivity index is 1.28. The van der Waals surface area contributed by atoms with Gasteiger partial charge in [-0.1, -0.05) is 0 Å². The first kappa shape index (κ1) is 24.4. The summed E-state index contributed by atoms with van der Waals surface area (Å²) in [4.78, 5) is 26.2. The summed E-state index contributed by atoms with van der Waals surface area (Å²) >= 11 is 0. The minimum atomic E-state index is -3.43. The first-order valence-corrected chi connectivity index (χ1v) is 14.6. The summed E-state index contributed by atoms with van der Waals surface area (Å²) in [6.07, 6.45) is 13.9. The van der Waals surface area contributed by atoms with Crippen LogP contribution in [0.4, 0.5) is 0 Å². The lowest BCUT2D eigenvalue weighted by Crippen LogP contribution is -2.62. The third-order valence-electron chi connectivity index (χ3n) is 9.31. The normalized spacial score (nSPS) is 34.0. The summed E-state index contributed by atoms with van der Waals surface area (Å²) in [6.45, 7) is 3.45. The number of carbonyl (C=O) groups excluding carboxylic acids is 2. The Bertz CT molecular complexity index is 1410. The van der Waals surface area contributed by atoms with Crippen molar-refractivity contribution in [2.24, 2.45) is 34.3 Å². The average Bonchev–Trinajstić information content (AvgIpc) is 3.51. The van der Waals surface area contributed by atoms with Crippen molar-refractivity contribution < 1.29 is 18.0 Å². The molecule has 4 saturated carbocycles. The molecule has 1 spiro atoms. The molecule has 0 radical (unpaired) electrons. The molecule has 0 aromatic carbocycles. The van der Waals surface area contributed by atoms with Crippen LogP contribution in [0.3, 0.4) is 0 Å².